The molecule has 1 unspecified atom stereocenters. The third-order valence-electron chi connectivity index (χ3n) is 8.61. The first-order valence-electron chi connectivity index (χ1n) is 14.0. The molecule has 5 rings (SSSR count). The SMILES string of the molecule is C=CS(=O)(=O)N1CCN(c2nc(OC[C@@H]3CCCN3C)nc3c2CCN(c2cccc(C)c2C)C3)CC1CC#N. The van der Waals surface area contributed by atoms with Crippen LogP contribution in [0.1, 0.15) is 41.6 Å². The Morgan fingerprint density at radius 3 is 2.70 bits per heavy atom. The van der Waals surface area contributed by atoms with Crippen LogP contribution < -0.4 is 14.5 Å². The molecule has 1 aromatic heterocycles. The number of nitriles is 1. The zero-order valence-electron chi connectivity index (χ0n) is 23.7. The predicted molar refractivity (Wildman–Crippen MR) is 156 cm³/mol. The van der Waals surface area contributed by atoms with Crippen molar-refractivity contribution in [2.24, 2.45) is 0 Å². The van der Waals surface area contributed by atoms with Crippen LogP contribution in [0, 0.1) is 25.2 Å². The van der Waals surface area contributed by atoms with Gasteiger partial charge in [-0.1, -0.05) is 18.7 Å². The molecule has 0 radical (unpaired) electrons. The summed E-state index contributed by atoms with van der Waals surface area (Å²) in [5, 5.41) is 10.4. The Balaban J connectivity index is 1.47. The predicted octanol–water partition coefficient (Wildman–Crippen LogP) is 3.01. The van der Waals surface area contributed by atoms with Crippen LogP contribution in [0.3, 0.4) is 0 Å². The number of sulfonamides is 1. The second-order valence-corrected chi connectivity index (χ2v) is 12.8. The molecular formula is C29H39N7O3S. The van der Waals surface area contributed by atoms with E-state index in [4.69, 9.17) is 14.7 Å². The van der Waals surface area contributed by atoms with Crippen molar-refractivity contribution >= 4 is 21.5 Å². The highest BCUT2D eigenvalue weighted by Crippen LogP contribution is 2.34. The highest BCUT2D eigenvalue weighted by atomic mass is 32.2. The van der Waals surface area contributed by atoms with E-state index in [0.717, 1.165) is 54.8 Å². The Labute approximate surface area is 237 Å². The molecule has 0 aliphatic carbocycles. The first-order valence-corrected chi connectivity index (χ1v) is 15.5. The lowest BCUT2D eigenvalue weighted by Crippen LogP contribution is -2.55. The summed E-state index contributed by atoms with van der Waals surface area (Å²) in [5.41, 5.74) is 5.73. The summed E-state index contributed by atoms with van der Waals surface area (Å²) >= 11 is 0. The number of aryl methyl sites for hydroxylation is 1. The van der Waals surface area contributed by atoms with Crippen molar-refractivity contribution < 1.29 is 13.2 Å². The lowest BCUT2D eigenvalue weighted by atomic mass is 10.0. The molecule has 0 amide bonds. The van der Waals surface area contributed by atoms with Gasteiger partial charge in [0.05, 0.1) is 30.8 Å². The number of likely N-dealkylation sites (N-methyl/N-ethyl adjacent to an activating group) is 1. The van der Waals surface area contributed by atoms with E-state index in [9.17, 15) is 13.7 Å². The van der Waals surface area contributed by atoms with Gasteiger partial charge in [-0.2, -0.15) is 19.5 Å². The number of fused-ring (bicyclic) bond motifs is 1. The van der Waals surface area contributed by atoms with Crippen molar-refractivity contribution in [2.75, 3.05) is 56.2 Å². The average Bonchev–Trinajstić information content (AvgIpc) is 3.37. The summed E-state index contributed by atoms with van der Waals surface area (Å²) < 4.78 is 32.9. The molecule has 2 fully saturated rings. The number of ether oxygens (including phenoxy) is 1. The van der Waals surface area contributed by atoms with E-state index in [2.05, 4.69) is 66.4 Å². The second-order valence-electron chi connectivity index (χ2n) is 11.0. The quantitative estimate of drug-likeness (QED) is 0.478. The van der Waals surface area contributed by atoms with Crippen LogP contribution in [-0.4, -0.2) is 86.1 Å². The summed E-state index contributed by atoms with van der Waals surface area (Å²) in [7, 11) is -1.52. The molecule has 0 N–H and O–H groups in total. The van der Waals surface area contributed by atoms with Gasteiger partial charge in [-0.15, -0.1) is 0 Å². The maximum Gasteiger partial charge on any atom is 0.318 e. The van der Waals surface area contributed by atoms with Gasteiger partial charge in [0.1, 0.15) is 12.4 Å². The van der Waals surface area contributed by atoms with Crippen LogP contribution in [0.2, 0.25) is 0 Å². The number of aromatic nitrogens is 2. The largest absolute Gasteiger partial charge is 0.462 e. The molecule has 0 saturated carbocycles. The van der Waals surface area contributed by atoms with Gasteiger partial charge in [0, 0.05) is 48.9 Å². The lowest BCUT2D eigenvalue weighted by Gasteiger charge is -2.41. The number of hydrogen-bond acceptors (Lipinski definition) is 9. The van der Waals surface area contributed by atoms with E-state index in [-0.39, 0.29) is 13.0 Å². The molecule has 40 heavy (non-hydrogen) atoms. The summed E-state index contributed by atoms with van der Waals surface area (Å²) in [6.07, 6.45) is 3.10. The summed E-state index contributed by atoms with van der Waals surface area (Å²) in [4.78, 5) is 16.6. The molecule has 214 valence electrons. The van der Waals surface area contributed by atoms with Crippen molar-refractivity contribution in [3.05, 3.63) is 52.6 Å². The first kappa shape index (κ1) is 28.3. The number of hydrogen-bond donors (Lipinski definition) is 0. The molecule has 2 atom stereocenters. The fraction of sp³-hybridized carbons (Fsp3) is 0.552. The van der Waals surface area contributed by atoms with Crippen LogP contribution in [-0.2, 0) is 23.0 Å². The summed E-state index contributed by atoms with van der Waals surface area (Å²) in [6, 6.07) is 8.76. The zero-order valence-corrected chi connectivity index (χ0v) is 24.5. The fourth-order valence-electron chi connectivity index (χ4n) is 6.09. The molecule has 1 aromatic carbocycles. The van der Waals surface area contributed by atoms with Crippen LogP contribution >= 0.6 is 0 Å². The topological polar surface area (TPSA) is 106 Å². The van der Waals surface area contributed by atoms with Crippen molar-refractivity contribution in [1.82, 2.24) is 19.2 Å². The molecular weight excluding hydrogens is 526 g/mol. The molecule has 4 heterocycles. The van der Waals surface area contributed by atoms with Crippen LogP contribution in [0.25, 0.3) is 0 Å². The third-order valence-corrected chi connectivity index (χ3v) is 10.2. The highest BCUT2D eigenvalue weighted by Gasteiger charge is 2.36. The van der Waals surface area contributed by atoms with E-state index >= 15 is 0 Å². The van der Waals surface area contributed by atoms with Gasteiger partial charge in [-0.25, -0.2) is 8.42 Å². The van der Waals surface area contributed by atoms with E-state index in [0.29, 0.717) is 38.3 Å². The highest BCUT2D eigenvalue weighted by molar-refractivity contribution is 7.92. The Kier molecular flexibility index (Phi) is 8.31. The van der Waals surface area contributed by atoms with Crippen LogP contribution in [0.5, 0.6) is 6.01 Å². The smallest absolute Gasteiger partial charge is 0.318 e. The van der Waals surface area contributed by atoms with Gasteiger partial charge in [-0.3, -0.25) is 0 Å². The fourth-order valence-corrected chi connectivity index (χ4v) is 7.18. The molecule has 2 aromatic rings. The number of nitrogens with zero attached hydrogens (tertiary/aromatic N) is 7. The van der Waals surface area contributed by atoms with Gasteiger partial charge in [0.25, 0.3) is 0 Å². The Bertz CT molecular complexity index is 1410. The third kappa shape index (κ3) is 5.66. The normalized spacial score (nSPS) is 22.1. The van der Waals surface area contributed by atoms with Gasteiger partial charge in [0.2, 0.25) is 10.0 Å². The van der Waals surface area contributed by atoms with Gasteiger partial charge in [0.15, 0.2) is 0 Å². The van der Waals surface area contributed by atoms with Gasteiger partial charge < -0.3 is 19.4 Å². The maximum absolute atomic E-state index is 12.7. The minimum Gasteiger partial charge on any atom is -0.462 e. The molecule has 0 bridgehead atoms. The molecule has 0 spiro atoms. The minimum atomic E-state index is -3.64. The Morgan fingerprint density at radius 1 is 1.15 bits per heavy atom. The van der Waals surface area contributed by atoms with Crippen molar-refractivity contribution in [1.29, 1.82) is 5.26 Å². The molecule has 10 nitrogen and oxygen atoms in total. The molecule has 11 heteroatoms. The second kappa shape index (κ2) is 11.7. The van der Waals surface area contributed by atoms with Crippen molar-refractivity contribution in [3.8, 4) is 12.1 Å². The zero-order chi connectivity index (χ0) is 28.4. The lowest BCUT2D eigenvalue weighted by molar-refractivity contribution is 0.187. The monoisotopic (exact) mass is 565 g/mol. The molecule has 3 aliphatic rings. The van der Waals surface area contributed by atoms with E-state index in [1.165, 1.54) is 21.1 Å². The van der Waals surface area contributed by atoms with Gasteiger partial charge >= 0.3 is 6.01 Å². The minimum absolute atomic E-state index is 0.0919. The van der Waals surface area contributed by atoms with Crippen molar-refractivity contribution in [2.45, 2.75) is 58.2 Å². The standard InChI is InChI=1S/C29H39N7O3S/c1-5-40(37,38)36-17-16-35(18-23(36)11-13-30)28-25-12-15-34(27-10-6-8-21(2)22(27)3)19-26(25)31-29(32-28)39-20-24-9-7-14-33(24)4/h5-6,8,10,23-24H,1,7,9,11-12,14-20H2,2-4H3/t23?,24-/m0/s1. The van der Waals surface area contributed by atoms with E-state index < -0.39 is 16.1 Å². The summed E-state index contributed by atoms with van der Waals surface area (Å²) in [6.45, 7) is 11.9. The number of rotatable bonds is 8. The number of anilines is 2. The Hall–Kier alpha value is -3.20. The van der Waals surface area contributed by atoms with Crippen LogP contribution in [0.15, 0.2) is 30.2 Å². The average molecular weight is 566 g/mol. The van der Waals surface area contributed by atoms with E-state index in [1.807, 2.05) is 0 Å². The maximum atomic E-state index is 12.7. The number of likely N-dealkylation sites (tertiary alicyclic amines) is 1. The number of piperazine rings is 1. The first-order chi connectivity index (χ1) is 19.2. The number of benzene rings is 1. The summed E-state index contributed by atoms with van der Waals surface area (Å²) in [5.74, 6) is 0.791. The molecule has 2 saturated heterocycles. The Morgan fingerprint density at radius 2 is 1.98 bits per heavy atom. The van der Waals surface area contributed by atoms with Crippen molar-refractivity contribution in [3.63, 3.8) is 0 Å². The van der Waals surface area contributed by atoms with Crippen LogP contribution in [0.4, 0.5) is 11.5 Å². The van der Waals surface area contributed by atoms with Gasteiger partial charge in [-0.05, 0) is 63.9 Å². The molecule has 3 aliphatic heterocycles. The van der Waals surface area contributed by atoms with E-state index in [1.54, 1.807) is 0 Å².